The fourth-order valence-electron chi connectivity index (χ4n) is 3.63. The smallest absolute Gasteiger partial charge is 0.0586 e. The van der Waals surface area contributed by atoms with E-state index in [1.54, 1.807) is 0 Å². The summed E-state index contributed by atoms with van der Waals surface area (Å²) in [6, 6.07) is 0.293. The molecular formula is C12H23NO2. The van der Waals surface area contributed by atoms with Gasteiger partial charge in [0.1, 0.15) is 0 Å². The molecule has 1 aliphatic heterocycles. The molecule has 4 atom stereocenters. The van der Waals surface area contributed by atoms with Gasteiger partial charge in [-0.15, -0.1) is 0 Å². The Balaban J connectivity index is 2.12. The number of rotatable bonds is 2. The predicted molar refractivity (Wildman–Crippen MR) is 59.5 cm³/mol. The highest BCUT2D eigenvalue weighted by Gasteiger charge is 2.46. The van der Waals surface area contributed by atoms with E-state index in [4.69, 9.17) is 5.11 Å². The lowest BCUT2D eigenvalue weighted by Gasteiger charge is -2.45. The summed E-state index contributed by atoms with van der Waals surface area (Å²) >= 11 is 0. The van der Waals surface area contributed by atoms with E-state index < -0.39 is 0 Å². The van der Waals surface area contributed by atoms with Crippen LogP contribution < -0.4 is 5.32 Å². The van der Waals surface area contributed by atoms with Crippen LogP contribution in [0.25, 0.3) is 0 Å². The fourth-order valence-corrected chi connectivity index (χ4v) is 3.63. The Morgan fingerprint density at radius 1 is 1.33 bits per heavy atom. The summed E-state index contributed by atoms with van der Waals surface area (Å²) in [7, 11) is 0. The minimum atomic E-state index is -0.157. The number of fused-ring (bicyclic) bond motifs is 1. The molecule has 1 aliphatic carbocycles. The average molecular weight is 213 g/mol. The molecule has 0 radical (unpaired) electrons. The topological polar surface area (TPSA) is 52.5 Å². The second kappa shape index (κ2) is 4.04. The van der Waals surface area contributed by atoms with Gasteiger partial charge in [-0.3, -0.25) is 0 Å². The molecule has 0 aromatic carbocycles. The predicted octanol–water partition coefficient (Wildman–Crippen LogP) is 0.896. The zero-order valence-corrected chi connectivity index (χ0v) is 9.74. The Kier molecular flexibility index (Phi) is 3.06. The Labute approximate surface area is 91.9 Å². The number of aliphatic hydroxyl groups excluding tert-OH is 2. The van der Waals surface area contributed by atoms with Crippen LogP contribution in [0.2, 0.25) is 0 Å². The number of nitrogens with one attached hydrogen (secondary N) is 1. The molecule has 1 heterocycles. The van der Waals surface area contributed by atoms with Crippen molar-refractivity contribution >= 4 is 0 Å². The van der Waals surface area contributed by atoms with Gasteiger partial charge >= 0.3 is 0 Å². The number of piperidine rings is 1. The maximum absolute atomic E-state index is 9.97. The van der Waals surface area contributed by atoms with Crippen molar-refractivity contribution in [3.8, 4) is 0 Å². The van der Waals surface area contributed by atoms with Crippen LogP contribution in [0.15, 0.2) is 0 Å². The van der Waals surface area contributed by atoms with Crippen LogP contribution in [0.3, 0.4) is 0 Å². The quantitative estimate of drug-likeness (QED) is 0.639. The SMILES string of the molecule is CC1(C)CC2CCC(O)C2C(CCO)N1. The maximum atomic E-state index is 9.97. The van der Waals surface area contributed by atoms with Crippen LogP contribution in [-0.4, -0.2) is 34.5 Å². The van der Waals surface area contributed by atoms with E-state index in [1.807, 2.05) is 0 Å². The fraction of sp³-hybridized carbons (Fsp3) is 1.00. The highest BCUT2D eigenvalue weighted by molar-refractivity contribution is 5.02. The van der Waals surface area contributed by atoms with E-state index in [0.29, 0.717) is 17.9 Å². The zero-order chi connectivity index (χ0) is 11.1. The summed E-state index contributed by atoms with van der Waals surface area (Å²) in [6.07, 6.45) is 3.85. The normalized spacial score (nSPS) is 44.0. The van der Waals surface area contributed by atoms with Gasteiger partial charge in [0.2, 0.25) is 0 Å². The van der Waals surface area contributed by atoms with E-state index in [1.165, 1.54) is 0 Å². The molecule has 3 nitrogen and oxygen atoms in total. The van der Waals surface area contributed by atoms with Gasteiger partial charge < -0.3 is 15.5 Å². The standard InChI is InChI=1S/C12H23NO2/c1-12(2)7-8-3-4-10(15)11(8)9(13-12)5-6-14/h8-11,13-15H,3-7H2,1-2H3. The summed E-state index contributed by atoms with van der Waals surface area (Å²) in [5.41, 5.74) is 0.158. The van der Waals surface area contributed by atoms with Crippen LogP contribution >= 0.6 is 0 Å². The molecule has 0 spiro atoms. The van der Waals surface area contributed by atoms with Gasteiger partial charge in [0, 0.05) is 24.1 Å². The highest BCUT2D eigenvalue weighted by atomic mass is 16.3. The largest absolute Gasteiger partial charge is 0.396 e. The van der Waals surface area contributed by atoms with E-state index in [-0.39, 0.29) is 18.2 Å². The Morgan fingerprint density at radius 2 is 2.07 bits per heavy atom. The molecule has 1 saturated heterocycles. The van der Waals surface area contributed by atoms with Crippen molar-refractivity contribution in [2.24, 2.45) is 11.8 Å². The van der Waals surface area contributed by atoms with E-state index >= 15 is 0 Å². The van der Waals surface area contributed by atoms with Gasteiger partial charge in [-0.05, 0) is 45.4 Å². The number of hydrogen-bond acceptors (Lipinski definition) is 3. The van der Waals surface area contributed by atoms with Gasteiger partial charge in [-0.1, -0.05) is 0 Å². The molecule has 2 rings (SSSR count). The minimum Gasteiger partial charge on any atom is -0.396 e. The number of hydrogen-bond donors (Lipinski definition) is 3. The van der Waals surface area contributed by atoms with Crippen molar-refractivity contribution in [1.29, 1.82) is 0 Å². The molecule has 2 fully saturated rings. The average Bonchev–Trinajstić information content (AvgIpc) is 2.46. The third kappa shape index (κ3) is 2.19. The van der Waals surface area contributed by atoms with Crippen molar-refractivity contribution < 1.29 is 10.2 Å². The van der Waals surface area contributed by atoms with Gasteiger partial charge in [-0.25, -0.2) is 0 Å². The van der Waals surface area contributed by atoms with E-state index in [9.17, 15) is 5.11 Å². The monoisotopic (exact) mass is 213 g/mol. The van der Waals surface area contributed by atoms with Crippen LogP contribution in [0.5, 0.6) is 0 Å². The second-order valence-corrected chi connectivity index (χ2v) is 5.83. The Morgan fingerprint density at radius 3 is 2.73 bits per heavy atom. The molecule has 15 heavy (non-hydrogen) atoms. The lowest BCUT2D eigenvalue weighted by Crippen LogP contribution is -2.57. The first kappa shape index (κ1) is 11.4. The van der Waals surface area contributed by atoms with Crippen LogP contribution in [0, 0.1) is 11.8 Å². The molecule has 3 N–H and O–H groups in total. The first-order chi connectivity index (χ1) is 7.03. The van der Waals surface area contributed by atoms with Crippen LogP contribution in [0.4, 0.5) is 0 Å². The molecule has 3 heteroatoms. The lowest BCUT2D eigenvalue weighted by atomic mass is 9.74. The molecule has 2 aliphatic rings. The van der Waals surface area contributed by atoms with Crippen molar-refractivity contribution in [1.82, 2.24) is 5.32 Å². The second-order valence-electron chi connectivity index (χ2n) is 5.83. The molecule has 0 bridgehead atoms. The first-order valence-electron chi connectivity index (χ1n) is 6.10. The summed E-state index contributed by atoms with van der Waals surface area (Å²) < 4.78 is 0. The van der Waals surface area contributed by atoms with Crippen molar-refractivity contribution in [2.75, 3.05) is 6.61 Å². The third-order valence-electron chi connectivity index (χ3n) is 4.08. The zero-order valence-electron chi connectivity index (χ0n) is 9.74. The molecule has 0 aromatic rings. The van der Waals surface area contributed by atoms with Crippen LogP contribution in [-0.2, 0) is 0 Å². The molecule has 0 amide bonds. The van der Waals surface area contributed by atoms with Gasteiger partial charge in [0.15, 0.2) is 0 Å². The Bertz CT molecular complexity index is 230. The molecule has 1 saturated carbocycles. The van der Waals surface area contributed by atoms with Gasteiger partial charge in [0.25, 0.3) is 0 Å². The molecule has 0 aromatic heterocycles. The summed E-state index contributed by atoms with van der Waals surface area (Å²) in [5.74, 6) is 1.01. The lowest BCUT2D eigenvalue weighted by molar-refractivity contribution is 0.0344. The van der Waals surface area contributed by atoms with Crippen LogP contribution in [0.1, 0.15) is 39.5 Å². The first-order valence-corrected chi connectivity index (χ1v) is 6.10. The van der Waals surface area contributed by atoms with E-state index in [2.05, 4.69) is 19.2 Å². The molecular weight excluding hydrogens is 190 g/mol. The number of aliphatic hydroxyl groups is 2. The Hall–Kier alpha value is -0.120. The van der Waals surface area contributed by atoms with E-state index in [0.717, 1.165) is 25.7 Å². The van der Waals surface area contributed by atoms with Crippen molar-refractivity contribution in [2.45, 2.75) is 57.2 Å². The maximum Gasteiger partial charge on any atom is 0.0586 e. The summed E-state index contributed by atoms with van der Waals surface area (Å²) in [5, 5.41) is 22.6. The van der Waals surface area contributed by atoms with Crippen molar-refractivity contribution in [3.05, 3.63) is 0 Å². The highest BCUT2D eigenvalue weighted by Crippen LogP contribution is 2.43. The van der Waals surface area contributed by atoms with Gasteiger partial charge in [0.05, 0.1) is 6.10 Å². The third-order valence-corrected chi connectivity index (χ3v) is 4.08. The molecule has 88 valence electrons. The summed E-state index contributed by atoms with van der Waals surface area (Å²) in [6.45, 7) is 4.65. The minimum absolute atomic E-state index is 0.157. The van der Waals surface area contributed by atoms with Gasteiger partial charge in [-0.2, -0.15) is 0 Å². The molecule has 4 unspecified atom stereocenters. The summed E-state index contributed by atoms with van der Waals surface area (Å²) in [4.78, 5) is 0. The van der Waals surface area contributed by atoms with Crippen molar-refractivity contribution in [3.63, 3.8) is 0 Å².